The third kappa shape index (κ3) is 6.66. The first-order chi connectivity index (χ1) is 35.3. The molecule has 0 radical (unpaired) electrons. The lowest BCUT2D eigenvalue weighted by Gasteiger charge is -2.28. The fraction of sp³-hybridized carbons (Fsp3) is 0.0317. The van der Waals surface area contributed by atoms with Crippen LogP contribution in [-0.4, -0.2) is 22.7 Å². The monoisotopic (exact) mass is 935 g/mol. The SMILES string of the molecule is C=C(c1cc(Oc2ccccc2)c2c3c(Oc4ccccc4)cc4c(=O)n5c6ccccc6nc5c5cc(Oc6ccccc6)c(c6c(Oc7ccccc7)cc(C=O)c1c26)c3c45)N(C)c1ccccc1C. The molecule has 2 heterocycles. The molecule has 0 bridgehead atoms. The number of anilines is 1. The minimum atomic E-state index is -0.266. The second-order valence-corrected chi connectivity index (χ2v) is 17.9. The van der Waals surface area contributed by atoms with Crippen molar-refractivity contribution in [2.24, 2.45) is 0 Å². The molecule has 0 N–H and O–H groups in total. The third-order valence-corrected chi connectivity index (χ3v) is 13.6. The predicted octanol–water partition coefficient (Wildman–Crippen LogP) is 15.9. The number of hydrogen-bond acceptors (Lipinski definition) is 8. The van der Waals surface area contributed by atoms with E-state index in [2.05, 4.69) is 13.0 Å². The van der Waals surface area contributed by atoms with E-state index in [9.17, 15) is 4.79 Å². The number of para-hydroxylation sites is 7. The van der Waals surface area contributed by atoms with E-state index in [1.165, 1.54) is 0 Å². The van der Waals surface area contributed by atoms with Crippen LogP contribution < -0.4 is 29.4 Å². The zero-order chi connectivity index (χ0) is 48.6. The number of fused-ring (bicyclic) bond motifs is 6. The van der Waals surface area contributed by atoms with Crippen LogP contribution in [0, 0.1) is 6.92 Å². The summed E-state index contributed by atoms with van der Waals surface area (Å²) in [6.07, 6.45) is 0.866. The minimum Gasteiger partial charge on any atom is -0.457 e. The van der Waals surface area contributed by atoms with Crippen LogP contribution in [0.3, 0.4) is 0 Å². The molecule has 72 heavy (non-hydrogen) atoms. The van der Waals surface area contributed by atoms with E-state index in [-0.39, 0.29) is 5.56 Å². The summed E-state index contributed by atoms with van der Waals surface area (Å²) in [6, 6.07) is 61.5. The van der Waals surface area contributed by atoms with Gasteiger partial charge in [0.15, 0.2) is 6.29 Å². The molecule has 0 spiro atoms. The largest absolute Gasteiger partial charge is 0.457 e. The molecule has 11 aromatic carbocycles. The number of imidazole rings is 1. The lowest BCUT2D eigenvalue weighted by Crippen LogP contribution is -2.16. The number of aryl methyl sites for hydroxylation is 1. The zero-order valence-corrected chi connectivity index (χ0v) is 39.1. The van der Waals surface area contributed by atoms with E-state index < -0.39 is 0 Å². The van der Waals surface area contributed by atoms with Crippen molar-refractivity contribution in [3.63, 3.8) is 0 Å². The highest BCUT2D eigenvalue weighted by Crippen LogP contribution is 2.57. The highest BCUT2D eigenvalue weighted by atomic mass is 16.5. The van der Waals surface area contributed by atoms with Gasteiger partial charge < -0.3 is 23.8 Å². The number of ether oxygens (including phenoxy) is 4. The normalized spacial score (nSPS) is 11.6. The Labute approximate surface area is 412 Å². The zero-order valence-electron chi connectivity index (χ0n) is 39.1. The summed E-state index contributed by atoms with van der Waals surface area (Å²) < 4.78 is 30.1. The average molecular weight is 936 g/mol. The number of carbonyl (C=O) groups excluding carboxylic acids is 1. The molecule has 344 valence electrons. The second-order valence-electron chi connectivity index (χ2n) is 17.9. The molecule has 0 unspecified atom stereocenters. The minimum absolute atomic E-state index is 0.266. The van der Waals surface area contributed by atoms with Crippen LogP contribution in [-0.2, 0) is 0 Å². The van der Waals surface area contributed by atoms with Gasteiger partial charge in [-0.25, -0.2) is 4.98 Å². The maximum Gasteiger partial charge on any atom is 0.264 e. The molecule has 0 aliphatic heterocycles. The molecule has 0 fully saturated rings. The van der Waals surface area contributed by atoms with Crippen molar-refractivity contribution in [3.05, 3.63) is 228 Å². The maximum absolute atomic E-state index is 15.5. The molecule has 0 atom stereocenters. The fourth-order valence-corrected chi connectivity index (χ4v) is 10.4. The van der Waals surface area contributed by atoms with Crippen molar-refractivity contribution in [2.45, 2.75) is 6.92 Å². The van der Waals surface area contributed by atoms with E-state index >= 15 is 4.79 Å². The molecular weight excluding hydrogens is 895 g/mol. The summed E-state index contributed by atoms with van der Waals surface area (Å²) in [5.41, 5.74) is 5.14. The molecule has 0 amide bonds. The first kappa shape index (κ1) is 42.4. The first-order valence-corrected chi connectivity index (χ1v) is 23.6. The lowest BCUT2D eigenvalue weighted by molar-refractivity contribution is 0.112. The number of benzene rings is 11. The van der Waals surface area contributed by atoms with Crippen molar-refractivity contribution in [2.75, 3.05) is 11.9 Å². The topological polar surface area (TPSA) is 91.6 Å². The Hall–Kier alpha value is -9.73. The Morgan fingerprint density at radius 1 is 0.514 bits per heavy atom. The molecule has 0 saturated carbocycles. The maximum atomic E-state index is 15.5. The van der Waals surface area contributed by atoms with Crippen LogP contribution in [0.4, 0.5) is 5.69 Å². The van der Waals surface area contributed by atoms with Gasteiger partial charge in [0.25, 0.3) is 5.56 Å². The van der Waals surface area contributed by atoms with Gasteiger partial charge in [-0.15, -0.1) is 0 Å². The van der Waals surface area contributed by atoms with Gasteiger partial charge in [0.2, 0.25) is 0 Å². The van der Waals surface area contributed by atoms with Crippen LogP contribution in [0.5, 0.6) is 46.0 Å². The highest BCUT2D eigenvalue weighted by Gasteiger charge is 2.32. The van der Waals surface area contributed by atoms with Gasteiger partial charge in [-0.1, -0.05) is 110 Å². The summed E-state index contributed by atoms with van der Waals surface area (Å²) in [4.78, 5) is 36.7. The van der Waals surface area contributed by atoms with Crippen LogP contribution >= 0.6 is 0 Å². The van der Waals surface area contributed by atoms with Crippen LogP contribution in [0.25, 0.3) is 76.2 Å². The van der Waals surface area contributed by atoms with Crippen molar-refractivity contribution in [1.29, 1.82) is 0 Å². The van der Waals surface area contributed by atoms with E-state index in [4.69, 9.17) is 30.5 Å². The first-order valence-electron chi connectivity index (χ1n) is 23.6. The summed E-state index contributed by atoms with van der Waals surface area (Å²) in [6.45, 7) is 6.81. The number of rotatable bonds is 12. The Kier molecular flexibility index (Phi) is 9.86. The molecule has 0 saturated heterocycles. The van der Waals surface area contributed by atoms with Gasteiger partial charge in [0.1, 0.15) is 51.6 Å². The van der Waals surface area contributed by atoms with E-state index in [1.807, 2.05) is 194 Å². The molecule has 9 heteroatoms. The van der Waals surface area contributed by atoms with Gasteiger partial charge in [0, 0.05) is 78.0 Å². The van der Waals surface area contributed by atoms with Gasteiger partial charge in [-0.05, 0) is 103 Å². The van der Waals surface area contributed by atoms with Crippen molar-refractivity contribution >= 4 is 88.2 Å². The number of aldehydes is 1. The molecule has 0 aliphatic rings. The smallest absolute Gasteiger partial charge is 0.264 e. The number of hydrogen-bond donors (Lipinski definition) is 0. The average Bonchev–Trinajstić information content (AvgIpc) is 3.82. The van der Waals surface area contributed by atoms with Gasteiger partial charge in [-0.2, -0.15) is 0 Å². The van der Waals surface area contributed by atoms with Gasteiger partial charge in [-0.3, -0.25) is 14.0 Å². The summed E-state index contributed by atoms with van der Waals surface area (Å²) in [5.74, 6) is 3.89. The van der Waals surface area contributed by atoms with Crippen molar-refractivity contribution < 1.29 is 23.7 Å². The quantitative estimate of drug-likeness (QED) is 0.0680. The second kappa shape index (κ2) is 16.8. The molecule has 2 aromatic heterocycles. The highest BCUT2D eigenvalue weighted by molar-refractivity contribution is 6.43. The number of nitrogens with zero attached hydrogens (tertiary/aromatic N) is 3. The Bertz CT molecular complexity index is 4330. The summed E-state index contributed by atoms with van der Waals surface area (Å²) >= 11 is 0. The molecule has 13 rings (SSSR count). The Morgan fingerprint density at radius 2 is 0.958 bits per heavy atom. The van der Waals surface area contributed by atoms with E-state index in [0.717, 1.165) is 17.5 Å². The number of carbonyl (C=O) groups is 1. The standard InChI is InChI=1S/C63H41N3O6/c1-37-20-16-18-30-48(37)65(3)38(2)44-33-51(70-41-23-10-5-11-24-41)57-59-53(72-43-27-14-7-15-28-43)35-46-55-45(62-64-47-29-17-19-31-49(47)66(62)63(46)68)34-52(71-42-25-12-6-13-26-42)58(61(55)59)56-50(69-40-21-8-4-9-22-40)32-39(36-67)54(44)60(56)57/h4-36H,2H2,1,3H3. The lowest BCUT2D eigenvalue weighted by atomic mass is 9.83. The van der Waals surface area contributed by atoms with Gasteiger partial charge >= 0.3 is 0 Å². The fourth-order valence-electron chi connectivity index (χ4n) is 10.4. The number of aromatic nitrogens is 2. The molecule has 13 aromatic rings. The van der Waals surface area contributed by atoms with E-state index in [0.29, 0.717) is 133 Å². The van der Waals surface area contributed by atoms with Crippen molar-refractivity contribution in [1.82, 2.24) is 9.38 Å². The third-order valence-electron chi connectivity index (χ3n) is 13.6. The van der Waals surface area contributed by atoms with Crippen LogP contribution in [0.2, 0.25) is 0 Å². The summed E-state index contributed by atoms with van der Waals surface area (Å²) in [7, 11) is 1.97. The van der Waals surface area contributed by atoms with Crippen molar-refractivity contribution in [3.8, 4) is 46.0 Å². The van der Waals surface area contributed by atoms with Crippen LogP contribution in [0.15, 0.2) is 205 Å². The summed E-state index contributed by atoms with van der Waals surface area (Å²) in [5, 5.41) is 6.09. The molecule has 9 nitrogen and oxygen atoms in total. The molecule has 0 aliphatic carbocycles. The van der Waals surface area contributed by atoms with Crippen LogP contribution in [0.1, 0.15) is 21.5 Å². The van der Waals surface area contributed by atoms with Gasteiger partial charge in [0.05, 0.1) is 16.4 Å². The van der Waals surface area contributed by atoms with E-state index in [1.54, 1.807) is 10.5 Å². The Balaban J connectivity index is 1.31. The molecular formula is C63H41N3O6. The Morgan fingerprint density at radius 3 is 1.49 bits per heavy atom. The number of pyridine rings is 1. The predicted molar refractivity (Wildman–Crippen MR) is 289 cm³/mol.